The Morgan fingerprint density at radius 1 is 0.667 bits per heavy atom. The summed E-state index contributed by atoms with van der Waals surface area (Å²) in [6.07, 6.45) is 1.97. The summed E-state index contributed by atoms with van der Waals surface area (Å²) in [7, 11) is 0. The summed E-state index contributed by atoms with van der Waals surface area (Å²) in [5.41, 5.74) is 11.9. The van der Waals surface area contributed by atoms with Gasteiger partial charge in [0, 0.05) is 43.1 Å². The summed E-state index contributed by atoms with van der Waals surface area (Å²) in [4.78, 5) is 14.6. The van der Waals surface area contributed by atoms with Crippen LogP contribution in [-0.4, -0.2) is 19.5 Å². The second-order valence-corrected chi connectivity index (χ2v) is 15.7. The van der Waals surface area contributed by atoms with E-state index in [1.165, 1.54) is 22.4 Å². The molecule has 0 unspecified atom stereocenters. The first-order chi connectivity index (χ1) is 25.4. The Morgan fingerprint density at radius 3 is 2.02 bits per heavy atom. The van der Waals surface area contributed by atoms with Gasteiger partial charge in [0.05, 0.1) is 28.3 Å². The quantitative estimate of drug-likeness (QED) is 0.156. The molecule has 0 fully saturated rings. The van der Waals surface area contributed by atoms with Gasteiger partial charge in [-0.25, -0.2) is 0 Å². The van der Waals surface area contributed by atoms with Crippen molar-refractivity contribution in [3.63, 3.8) is 0 Å². The first-order valence-corrected chi connectivity index (χ1v) is 18.7. The fourth-order valence-corrected chi connectivity index (χ4v) is 7.13. The number of fused-ring (bicyclic) bond motifs is 4. The van der Waals surface area contributed by atoms with Gasteiger partial charge in [-0.1, -0.05) is 122 Å². The van der Waals surface area contributed by atoms with E-state index < -0.39 is 0 Å². The number of para-hydroxylation sites is 4. The molecular weight excluding hydrogens is 841 g/mol. The summed E-state index contributed by atoms with van der Waals surface area (Å²) >= 11 is 0. The third-order valence-corrected chi connectivity index (χ3v) is 9.81. The summed E-state index contributed by atoms with van der Waals surface area (Å²) in [6, 6.07) is 41.9. The van der Waals surface area contributed by atoms with Gasteiger partial charge in [-0.05, 0) is 58.1 Å². The standard InChI is InChI=1S/C25H25N2.C23H23N2O.Ir/c1-17(2)20-13-10-14-21(18(3)4)24(20)27-23-16-9-8-15-22(23)26-25(27)19-11-6-5-7-12-19;1-14(2)20-18(23(3,4)5)13-24-22(25-20)17-11-8-10-16-15-9-6-7-12-19(15)26-21(16)17;/h5-11,13-18H,1-4H3;6-10,12-14H,1-5H3;/q2*-1;. The summed E-state index contributed by atoms with van der Waals surface area (Å²) in [5.74, 6) is 2.79. The summed E-state index contributed by atoms with van der Waals surface area (Å²) < 4.78 is 8.46. The predicted octanol–water partition coefficient (Wildman–Crippen LogP) is 13.0. The van der Waals surface area contributed by atoms with Crippen molar-refractivity contribution in [1.29, 1.82) is 0 Å². The number of benzene rings is 5. The maximum Gasteiger partial charge on any atom is 0.120 e. The van der Waals surface area contributed by atoms with Crippen LogP contribution in [0.4, 0.5) is 0 Å². The van der Waals surface area contributed by atoms with Crippen LogP contribution in [0.2, 0.25) is 0 Å². The molecule has 0 amide bonds. The van der Waals surface area contributed by atoms with Gasteiger partial charge in [-0.2, -0.15) is 0 Å². The Balaban J connectivity index is 0.000000181. The molecule has 54 heavy (non-hydrogen) atoms. The van der Waals surface area contributed by atoms with Gasteiger partial charge in [0.15, 0.2) is 0 Å². The molecule has 8 rings (SSSR count). The molecule has 3 aromatic heterocycles. The first kappa shape index (κ1) is 38.8. The number of rotatable bonds is 6. The van der Waals surface area contributed by atoms with E-state index in [-0.39, 0.29) is 25.5 Å². The molecule has 0 atom stereocenters. The van der Waals surface area contributed by atoms with Crippen LogP contribution in [0.15, 0.2) is 114 Å². The second kappa shape index (κ2) is 15.8. The maximum absolute atomic E-state index is 6.12. The monoisotopic (exact) mass is 889 g/mol. The number of furan rings is 1. The van der Waals surface area contributed by atoms with Crippen LogP contribution < -0.4 is 0 Å². The number of nitrogens with zero attached hydrogens (tertiary/aromatic N) is 4. The van der Waals surface area contributed by atoms with Gasteiger partial charge in [0.25, 0.3) is 0 Å². The molecule has 0 bridgehead atoms. The van der Waals surface area contributed by atoms with Crippen molar-refractivity contribution in [3.05, 3.63) is 144 Å². The van der Waals surface area contributed by atoms with Crippen molar-refractivity contribution >= 4 is 33.0 Å². The van der Waals surface area contributed by atoms with Crippen molar-refractivity contribution in [1.82, 2.24) is 19.5 Å². The minimum Gasteiger partial charge on any atom is -0.501 e. The average Bonchev–Trinajstić information content (AvgIpc) is 3.73. The normalized spacial score (nSPS) is 11.8. The molecular formula is C48H48IrN4O-2. The van der Waals surface area contributed by atoms with Crippen LogP contribution in [0.25, 0.3) is 61.4 Å². The molecule has 3 heterocycles. The maximum atomic E-state index is 6.12. The Bertz CT molecular complexity index is 2510. The SMILES string of the molecule is CC(C)c1cccc(C(C)C)c1-n1c(-c2[c-]cccc2)nc2ccccc21.CC(C)c1nc(-c2[c-]ccc3c2oc2ccccc23)ncc1C(C)(C)C.[Ir]. The molecule has 8 aromatic rings. The van der Waals surface area contributed by atoms with Crippen LogP contribution in [-0.2, 0) is 25.5 Å². The van der Waals surface area contributed by atoms with Gasteiger partial charge in [-0.3, -0.25) is 15.0 Å². The molecule has 0 N–H and O–H groups in total. The smallest absolute Gasteiger partial charge is 0.120 e. The minimum absolute atomic E-state index is 0. The molecule has 5 nitrogen and oxygen atoms in total. The second-order valence-electron chi connectivity index (χ2n) is 15.7. The van der Waals surface area contributed by atoms with Crippen molar-refractivity contribution < 1.29 is 24.5 Å². The van der Waals surface area contributed by atoms with E-state index in [4.69, 9.17) is 14.4 Å². The van der Waals surface area contributed by atoms with Crippen molar-refractivity contribution in [3.8, 4) is 28.5 Å². The van der Waals surface area contributed by atoms with E-state index in [0.29, 0.717) is 23.6 Å². The molecule has 0 aliphatic heterocycles. The van der Waals surface area contributed by atoms with E-state index in [1.807, 2.05) is 54.7 Å². The zero-order chi connectivity index (χ0) is 37.4. The molecule has 0 saturated heterocycles. The zero-order valence-electron chi connectivity index (χ0n) is 32.7. The molecule has 6 heteroatoms. The fraction of sp³-hybridized carbons (Fsp3) is 0.271. The van der Waals surface area contributed by atoms with Crippen LogP contribution in [0.1, 0.15) is 102 Å². The average molecular weight is 889 g/mol. The van der Waals surface area contributed by atoms with E-state index in [0.717, 1.165) is 55.6 Å². The van der Waals surface area contributed by atoms with Crippen molar-refractivity contribution in [2.24, 2.45) is 0 Å². The van der Waals surface area contributed by atoms with Crippen LogP contribution >= 0.6 is 0 Å². The van der Waals surface area contributed by atoms with Crippen molar-refractivity contribution in [2.45, 2.75) is 85.5 Å². The van der Waals surface area contributed by atoms with Crippen molar-refractivity contribution in [2.75, 3.05) is 0 Å². The third-order valence-electron chi connectivity index (χ3n) is 9.81. The van der Waals surface area contributed by atoms with Gasteiger partial charge >= 0.3 is 0 Å². The Labute approximate surface area is 333 Å². The zero-order valence-corrected chi connectivity index (χ0v) is 35.0. The molecule has 0 saturated carbocycles. The van der Waals surface area contributed by atoms with E-state index >= 15 is 0 Å². The fourth-order valence-electron chi connectivity index (χ4n) is 7.13. The van der Waals surface area contributed by atoms with Crippen LogP contribution in [0.5, 0.6) is 0 Å². The molecule has 277 valence electrons. The van der Waals surface area contributed by atoms with Gasteiger partial charge < -0.3 is 8.98 Å². The Kier molecular flexibility index (Phi) is 11.4. The van der Waals surface area contributed by atoms with E-state index in [2.05, 4.69) is 139 Å². The van der Waals surface area contributed by atoms with Gasteiger partial charge in [0.2, 0.25) is 0 Å². The number of aromatic nitrogens is 4. The molecule has 0 spiro atoms. The Morgan fingerprint density at radius 2 is 1.35 bits per heavy atom. The Hall–Kier alpha value is -4.90. The summed E-state index contributed by atoms with van der Waals surface area (Å²) in [5, 5.41) is 2.18. The minimum atomic E-state index is 0. The van der Waals surface area contributed by atoms with Crippen LogP contribution in [0, 0.1) is 12.1 Å². The topological polar surface area (TPSA) is 56.7 Å². The van der Waals surface area contributed by atoms with Gasteiger partial charge in [0.1, 0.15) is 5.58 Å². The molecule has 0 aliphatic rings. The molecule has 1 radical (unpaired) electrons. The predicted molar refractivity (Wildman–Crippen MR) is 220 cm³/mol. The number of hydrogen-bond acceptors (Lipinski definition) is 4. The summed E-state index contributed by atoms with van der Waals surface area (Å²) in [6.45, 7) is 20.0. The number of hydrogen-bond donors (Lipinski definition) is 0. The van der Waals surface area contributed by atoms with Gasteiger partial charge in [-0.15, -0.1) is 54.1 Å². The molecule has 5 aromatic carbocycles. The molecule has 0 aliphatic carbocycles. The van der Waals surface area contributed by atoms with Crippen LogP contribution in [0.3, 0.4) is 0 Å². The van der Waals surface area contributed by atoms with E-state index in [1.54, 1.807) is 0 Å². The largest absolute Gasteiger partial charge is 0.501 e. The third kappa shape index (κ3) is 7.43. The van der Waals surface area contributed by atoms with E-state index in [9.17, 15) is 0 Å². The first-order valence-electron chi connectivity index (χ1n) is 18.7. The number of imidazole rings is 1.